The Kier molecular flexibility index (Phi) is 3.74. The average molecular weight is 334 g/mol. The minimum absolute atomic E-state index is 0.284. The number of fused-ring (bicyclic) bond motifs is 1. The summed E-state index contributed by atoms with van der Waals surface area (Å²) in [6.07, 6.45) is 2.75. The Morgan fingerprint density at radius 3 is 2.90 bits per heavy atom. The van der Waals surface area contributed by atoms with Gasteiger partial charge in [-0.2, -0.15) is 0 Å². The standard InChI is InChI=1S/C17H20BrNO/c1-11-9-15-16(7-4-8-17(15)20)19(11)12(2)13-5-3-6-14(18)10-13/h3,5-6,9-10,12,17,20H,4,7-8H2,1-2H3. The molecule has 0 saturated carbocycles. The third-order valence-electron chi connectivity index (χ3n) is 4.34. The monoisotopic (exact) mass is 333 g/mol. The summed E-state index contributed by atoms with van der Waals surface area (Å²) in [7, 11) is 0. The molecular formula is C17H20BrNO. The first-order valence-corrected chi connectivity index (χ1v) is 8.01. The van der Waals surface area contributed by atoms with Gasteiger partial charge in [0.25, 0.3) is 0 Å². The molecule has 1 aliphatic carbocycles. The van der Waals surface area contributed by atoms with E-state index in [0.717, 1.165) is 29.3 Å². The van der Waals surface area contributed by atoms with Crippen molar-refractivity contribution in [3.05, 3.63) is 57.3 Å². The number of hydrogen-bond acceptors (Lipinski definition) is 1. The van der Waals surface area contributed by atoms with Crippen LogP contribution in [0.3, 0.4) is 0 Å². The molecular weight excluding hydrogens is 314 g/mol. The van der Waals surface area contributed by atoms with E-state index in [2.05, 4.69) is 64.7 Å². The van der Waals surface area contributed by atoms with Crippen molar-refractivity contribution in [3.63, 3.8) is 0 Å². The van der Waals surface area contributed by atoms with Crippen molar-refractivity contribution in [2.24, 2.45) is 0 Å². The molecule has 1 aliphatic rings. The molecule has 3 heteroatoms. The SMILES string of the molecule is Cc1cc2c(n1C(C)c1cccc(Br)c1)CCCC2O. The third kappa shape index (κ3) is 2.33. The number of aryl methyl sites for hydroxylation is 1. The van der Waals surface area contributed by atoms with Gasteiger partial charge in [-0.15, -0.1) is 0 Å². The number of aliphatic hydroxyl groups excluding tert-OH is 1. The maximum absolute atomic E-state index is 10.2. The molecule has 20 heavy (non-hydrogen) atoms. The van der Waals surface area contributed by atoms with E-state index in [1.807, 2.05) is 0 Å². The summed E-state index contributed by atoms with van der Waals surface area (Å²) in [5.74, 6) is 0. The van der Waals surface area contributed by atoms with Crippen molar-refractivity contribution in [1.29, 1.82) is 0 Å². The lowest BCUT2D eigenvalue weighted by Gasteiger charge is -2.24. The van der Waals surface area contributed by atoms with Crippen LogP contribution >= 0.6 is 15.9 Å². The Labute approximate surface area is 128 Å². The van der Waals surface area contributed by atoms with Gasteiger partial charge < -0.3 is 9.67 Å². The Bertz CT molecular complexity index is 632. The van der Waals surface area contributed by atoms with Crippen molar-refractivity contribution in [2.75, 3.05) is 0 Å². The van der Waals surface area contributed by atoms with Crippen LogP contribution in [0.5, 0.6) is 0 Å². The maximum atomic E-state index is 10.2. The average Bonchev–Trinajstić information content (AvgIpc) is 2.76. The molecule has 0 spiro atoms. The summed E-state index contributed by atoms with van der Waals surface area (Å²) < 4.78 is 3.50. The van der Waals surface area contributed by atoms with Crippen LogP contribution in [0, 0.1) is 6.92 Å². The quantitative estimate of drug-likeness (QED) is 0.857. The third-order valence-corrected chi connectivity index (χ3v) is 4.83. The fourth-order valence-electron chi connectivity index (χ4n) is 3.36. The van der Waals surface area contributed by atoms with Gasteiger partial charge in [0.1, 0.15) is 0 Å². The van der Waals surface area contributed by atoms with Crippen LogP contribution in [0.25, 0.3) is 0 Å². The van der Waals surface area contributed by atoms with Gasteiger partial charge in [0, 0.05) is 21.4 Å². The molecule has 0 bridgehead atoms. The van der Waals surface area contributed by atoms with E-state index >= 15 is 0 Å². The van der Waals surface area contributed by atoms with E-state index in [0.29, 0.717) is 6.04 Å². The molecule has 1 aromatic carbocycles. The lowest BCUT2D eigenvalue weighted by molar-refractivity contribution is 0.155. The lowest BCUT2D eigenvalue weighted by atomic mass is 9.95. The molecule has 1 heterocycles. The van der Waals surface area contributed by atoms with Gasteiger partial charge in [0.15, 0.2) is 0 Å². The first kappa shape index (κ1) is 13.9. The highest BCUT2D eigenvalue weighted by Gasteiger charge is 2.25. The summed E-state index contributed by atoms with van der Waals surface area (Å²) in [6, 6.07) is 10.9. The zero-order valence-electron chi connectivity index (χ0n) is 11.9. The summed E-state index contributed by atoms with van der Waals surface area (Å²) in [4.78, 5) is 0. The first-order valence-electron chi connectivity index (χ1n) is 7.22. The van der Waals surface area contributed by atoms with Crippen molar-refractivity contribution < 1.29 is 5.11 Å². The fourth-order valence-corrected chi connectivity index (χ4v) is 3.77. The van der Waals surface area contributed by atoms with Crippen LogP contribution in [-0.4, -0.2) is 9.67 Å². The molecule has 1 N–H and O–H groups in total. The van der Waals surface area contributed by atoms with E-state index in [-0.39, 0.29) is 6.10 Å². The first-order chi connectivity index (χ1) is 9.58. The Morgan fingerprint density at radius 1 is 1.35 bits per heavy atom. The van der Waals surface area contributed by atoms with Gasteiger partial charge in [-0.25, -0.2) is 0 Å². The molecule has 3 rings (SSSR count). The molecule has 0 radical (unpaired) electrons. The zero-order chi connectivity index (χ0) is 14.3. The van der Waals surface area contributed by atoms with Gasteiger partial charge in [-0.1, -0.05) is 28.1 Å². The summed E-state index contributed by atoms with van der Waals surface area (Å²) in [5.41, 5.74) is 4.98. The number of nitrogens with zero attached hydrogens (tertiary/aromatic N) is 1. The molecule has 2 aromatic rings. The maximum Gasteiger partial charge on any atom is 0.0807 e. The molecule has 2 atom stereocenters. The second-order valence-corrected chi connectivity index (χ2v) is 6.61. The molecule has 0 amide bonds. The summed E-state index contributed by atoms with van der Waals surface area (Å²) in [6.45, 7) is 4.37. The van der Waals surface area contributed by atoms with Crippen LogP contribution < -0.4 is 0 Å². The predicted molar refractivity (Wildman–Crippen MR) is 85.0 cm³/mol. The number of hydrogen-bond donors (Lipinski definition) is 1. The summed E-state index contributed by atoms with van der Waals surface area (Å²) in [5, 5.41) is 10.2. The second kappa shape index (κ2) is 5.38. The molecule has 106 valence electrons. The highest BCUT2D eigenvalue weighted by molar-refractivity contribution is 9.10. The number of halogens is 1. The van der Waals surface area contributed by atoms with E-state index in [9.17, 15) is 5.11 Å². The number of rotatable bonds is 2. The van der Waals surface area contributed by atoms with Crippen LogP contribution in [0.15, 0.2) is 34.8 Å². The van der Waals surface area contributed by atoms with Crippen LogP contribution in [0.2, 0.25) is 0 Å². The minimum Gasteiger partial charge on any atom is -0.388 e. The van der Waals surface area contributed by atoms with Gasteiger partial charge in [0.05, 0.1) is 12.1 Å². The molecule has 1 aromatic heterocycles. The van der Waals surface area contributed by atoms with Crippen molar-refractivity contribution in [1.82, 2.24) is 4.57 Å². The molecule has 2 unspecified atom stereocenters. The lowest BCUT2D eigenvalue weighted by Crippen LogP contribution is -2.16. The second-order valence-electron chi connectivity index (χ2n) is 5.70. The van der Waals surface area contributed by atoms with Crippen molar-refractivity contribution >= 4 is 15.9 Å². The predicted octanol–water partition coefficient (Wildman–Crippen LogP) is 4.54. The zero-order valence-corrected chi connectivity index (χ0v) is 13.5. The molecule has 0 saturated heterocycles. The Hall–Kier alpha value is -1.06. The van der Waals surface area contributed by atoms with E-state index < -0.39 is 0 Å². The van der Waals surface area contributed by atoms with Crippen molar-refractivity contribution in [3.8, 4) is 0 Å². The summed E-state index contributed by atoms with van der Waals surface area (Å²) >= 11 is 3.55. The van der Waals surface area contributed by atoms with Crippen LogP contribution in [0.4, 0.5) is 0 Å². The minimum atomic E-state index is -0.284. The van der Waals surface area contributed by atoms with Crippen LogP contribution in [0.1, 0.15) is 54.4 Å². The highest BCUT2D eigenvalue weighted by Crippen LogP contribution is 2.35. The van der Waals surface area contributed by atoms with Gasteiger partial charge in [0.2, 0.25) is 0 Å². The van der Waals surface area contributed by atoms with Crippen LogP contribution in [-0.2, 0) is 6.42 Å². The van der Waals surface area contributed by atoms with Gasteiger partial charge in [-0.05, 0) is 56.9 Å². The molecule has 0 fully saturated rings. The topological polar surface area (TPSA) is 25.2 Å². The number of benzene rings is 1. The van der Waals surface area contributed by atoms with Crippen molar-refractivity contribution in [2.45, 2.75) is 45.3 Å². The van der Waals surface area contributed by atoms with Gasteiger partial charge in [-0.3, -0.25) is 0 Å². The largest absolute Gasteiger partial charge is 0.388 e. The molecule has 2 nitrogen and oxygen atoms in total. The van der Waals surface area contributed by atoms with E-state index in [1.165, 1.54) is 17.0 Å². The highest BCUT2D eigenvalue weighted by atomic mass is 79.9. The Balaban J connectivity index is 2.06. The van der Waals surface area contributed by atoms with Gasteiger partial charge >= 0.3 is 0 Å². The van der Waals surface area contributed by atoms with E-state index in [1.54, 1.807) is 0 Å². The molecule has 0 aliphatic heterocycles. The Morgan fingerprint density at radius 2 is 2.15 bits per heavy atom. The number of aliphatic hydroxyl groups is 1. The fraction of sp³-hybridized carbons (Fsp3) is 0.412. The number of aromatic nitrogens is 1. The normalized spacial score (nSPS) is 19.7. The smallest absolute Gasteiger partial charge is 0.0807 e. The van der Waals surface area contributed by atoms with E-state index in [4.69, 9.17) is 0 Å².